The van der Waals surface area contributed by atoms with Crippen molar-refractivity contribution in [2.45, 2.75) is 90.4 Å². The Balaban J connectivity index is 3.29. The number of unbranched alkanes of at least 4 members (excludes halogenated alkanes) is 9. The summed E-state index contributed by atoms with van der Waals surface area (Å²) in [5.41, 5.74) is 0. The van der Waals surface area contributed by atoms with E-state index >= 15 is 0 Å². The van der Waals surface area contributed by atoms with E-state index in [0.29, 0.717) is 19.1 Å². The molecule has 2 N–H and O–H groups in total. The molecule has 0 rings (SSSR count). The molecule has 1 unspecified atom stereocenters. The van der Waals surface area contributed by atoms with E-state index in [9.17, 15) is 5.11 Å². The summed E-state index contributed by atoms with van der Waals surface area (Å²) in [6, 6.07) is 0. The zero-order valence-corrected chi connectivity index (χ0v) is 13.1. The Morgan fingerprint density at radius 1 is 0.632 bits per heavy atom. The Morgan fingerprint density at radius 2 is 1.11 bits per heavy atom. The summed E-state index contributed by atoms with van der Waals surface area (Å²) in [6.45, 7) is 2.93. The molecule has 0 bridgehead atoms. The normalized spacial score (nSPS) is 12.8. The van der Waals surface area contributed by atoms with Crippen LogP contribution in [0.4, 0.5) is 0 Å². The molecule has 0 saturated carbocycles. The number of hydrogen-bond acceptors (Lipinski definition) is 2. The van der Waals surface area contributed by atoms with E-state index in [0.717, 1.165) is 19.3 Å². The molecule has 0 radical (unpaired) electrons. The van der Waals surface area contributed by atoms with E-state index in [1.165, 1.54) is 64.2 Å². The summed E-state index contributed by atoms with van der Waals surface area (Å²) in [5, 5.41) is 18.1. The summed E-state index contributed by atoms with van der Waals surface area (Å²) in [7, 11) is 0. The van der Waals surface area contributed by atoms with E-state index in [-0.39, 0.29) is 0 Å². The maximum absolute atomic E-state index is 9.36. The number of rotatable bonds is 15. The van der Waals surface area contributed by atoms with Gasteiger partial charge in [-0.25, -0.2) is 0 Å². The van der Waals surface area contributed by atoms with Crippen molar-refractivity contribution in [3.05, 3.63) is 0 Å². The molecule has 116 valence electrons. The Hall–Kier alpha value is -0.0800. The van der Waals surface area contributed by atoms with E-state index in [1.54, 1.807) is 0 Å². The van der Waals surface area contributed by atoms with Crippen molar-refractivity contribution in [2.75, 3.05) is 13.2 Å². The number of hydrogen-bond donors (Lipinski definition) is 2. The van der Waals surface area contributed by atoms with Crippen LogP contribution in [0.3, 0.4) is 0 Å². The molecule has 0 aromatic heterocycles. The lowest BCUT2D eigenvalue weighted by atomic mass is 9.95. The maximum Gasteiger partial charge on any atom is 0.0459 e. The van der Waals surface area contributed by atoms with Crippen molar-refractivity contribution >= 4 is 0 Å². The van der Waals surface area contributed by atoms with Crippen LogP contribution in [-0.2, 0) is 0 Å². The Morgan fingerprint density at radius 3 is 1.58 bits per heavy atom. The smallest absolute Gasteiger partial charge is 0.0459 e. The van der Waals surface area contributed by atoms with E-state index in [1.807, 2.05) is 0 Å². The fourth-order valence-electron chi connectivity index (χ4n) is 2.62. The minimum absolute atomic E-state index is 0.321. The van der Waals surface area contributed by atoms with E-state index in [2.05, 4.69) is 6.92 Å². The van der Waals surface area contributed by atoms with Crippen LogP contribution in [0, 0.1) is 5.92 Å². The second-order valence-electron chi connectivity index (χ2n) is 5.89. The first-order valence-electron chi connectivity index (χ1n) is 8.56. The lowest BCUT2D eigenvalue weighted by molar-refractivity contribution is 0.203. The van der Waals surface area contributed by atoms with Crippen LogP contribution < -0.4 is 0 Å². The zero-order chi connectivity index (χ0) is 14.2. The lowest BCUT2D eigenvalue weighted by Gasteiger charge is -2.13. The molecule has 0 aliphatic rings. The average molecular weight is 272 g/mol. The van der Waals surface area contributed by atoms with Crippen LogP contribution in [0.25, 0.3) is 0 Å². The van der Waals surface area contributed by atoms with Crippen LogP contribution in [0.15, 0.2) is 0 Å². The van der Waals surface area contributed by atoms with Gasteiger partial charge in [0.25, 0.3) is 0 Å². The van der Waals surface area contributed by atoms with Crippen molar-refractivity contribution < 1.29 is 10.2 Å². The summed E-state index contributed by atoms with van der Waals surface area (Å²) >= 11 is 0. The van der Waals surface area contributed by atoms with Gasteiger partial charge >= 0.3 is 0 Å². The summed E-state index contributed by atoms with van der Waals surface area (Å²) in [4.78, 5) is 0. The third-order valence-electron chi connectivity index (χ3n) is 3.99. The molecule has 19 heavy (non-hydrogen) atoms. The van der Waals surface area contributed by atoms with Gasteiger partial charge in [-0.1, -0.05) is 71.1 Å². The fraction of sp³-hybridized carbons (Fsp3) is 1.00. The number of aliphatic hydroxyl groups excluding tert-OH is 2. The minimum Gasteiger partial charge on any atom is -0.396 e. The molecule has 0 spiro atoms. The fourth-order valence-corrected chi connectivity index (χ4v) is 2.62. The molecule has 0 aromatic rings. The third-order valence-corrected chi connectivity index (χ3v) is 3.99. The highest BCUT2D eigenvalue weighted by Crippen LogP contribution is 2.18. The van der Waals surface area contributed by atoms with Crippen LogP contribution in [0.2, 0.25) is 0 Å². The third kappa shape index (κ3) is 14.1. The first-order valence-corrected chi connectivity index (χ1v) is 8.56. The largest absolute Gasteiger partial charge is 0.396 e. The van der Waals surface area contributed by atoms with Gasteiger partial charge in [-0.15, -0.1) is 0 Å². The molecule has 0 aromatic carbocycles. The molecule has 0 fully saturated rings. The van der Waals surface area contributed by atoms with Crippen LogP contribution in [0.1, 0.15) is 90.4 Å². The van der Waals surface area contributed by atoms with Crippen molar-refractivity contribution in [3.63, 3.8) is 0 Å². The summed E-state index contributed by atoms with van der Waals surface area (Å²) < 4.78 is 0. The van der Waals surface area contributed by atoms with Crippen molar-refractivity contribution in [2.24, 2.45) is 5.92 Å². The Labute approximate surface area is 120 Å². The molecule has 0 amide bonds. The van der Waals surface area contributed by atoms with E-state index in [4.69, 9.17) is 5.11 Å². The molecule has 0 aliphatic heterocycles. The van der Waals surface area contributed by atoms with Crippen LogP contribution in [-0.4, -0.2) is 23.4 Å². The molecule has 0 saturated heterocycles. The SMILES string of the molecule is CCCCCCCCCC(CO)CCCCCCO. The summed E-state index contributed by atoms with van der Waals surface area (Å²) in [5.74, 6) is 0.518. The van der Waals surface area contributed by atoms with Crippen molar-refractivity contribution in [3.8, 4) is 0 Å². The first-order chi connectivity index (χ1) is 9.35. The van der Waals surface area contributed by atoms with Gasteiger partial charge < -0.3 is 10.2 Å². The standard InChI is InChI=1S/C17H36O2/c1-2-3-4-5-6-7-10-13-17(16-19)14-11-8-9-12-15-18/h17-19H,2-16H2,1H3. The van der Waals surface area contributed by atoms with Gasteiger partial charge in [0.1, 0.15) is 0 Å². The first kappa shape index (κ1) is 18.9. The van der Waals surface area contributed by atoms with Gasteiger partial charge in [0, 0.05) is 13.2 Å². The van der Waals surface area contributed by atoms with Gasteiger partial charge in [-0.3, -0.25) is 0 Å². The quantitative estimate of drug-likeness (QED) is 0.425. The molecule has 0 aliphatic carbocycles. The molecule has 2 nitrogen and oxygen atoms in total. The molecular weight excluding hydrogens is 236 g/mol. The topological polar surface area (TPSA) is 40.5 Å². The second kappa shape index (κ2) is 16.0. The molecule has 0 heterocycles. The number of aliphatic hydroxyl groups is 2. The highest BCUT2D eigenvalue weighted by Gasteiger charge is 2.06. The maximum atomic E-state index is 9.36. The lowest BCUT2D eigenvalue weighted by Crippen LogP contribution is -2.06. The highest BCUT2D eigenvalue weighted by molar-refractivity contribution is 4.59. The van der Waals surface area contributed by atoms with Gasteiger partial charge in [-0.05, 0) is 25.2 Å². The Bertz CT molecular complexity index is 159. The van der Waals surface area contributed by atoms with Crippen LogP contribution >= 0.6 is 0 Å². The van der Waals surface area contributed by atoms with Gasteiger partial charge in [0.15, 0.2) is 0 Å². The second-order valence-corrected chi connectivity index (χ2v) is 5.89. The highest BCUT2D eigenvalue weighted by atomic mass is 16.3. The summed E-state index contributed by atoms with van der Waals surface area (Å²) in [6.07, 6.45) is 16.3. The zero-order valence-electron chi connectivity index (χ0n) is 13.1. The predicted octanol–water partition coefficient (Wildman–Crippen LogP) is 4.68. The molecular formula is C17H36O2. The van der Waals surface area contributed by atoms with Gasteiger partial charge in [-0.2, -0.15) is 0 Å². The molecule has 1 atom stereocenters. The Kier molecular flexibility index (Phi) is 15.9. The van der Waals surface area contributed by atoms with Gasteiger partial charge in [0.2, 0.25) is 0 Å². The average Bonchev–Trinajstić information content (AvgIpc) is 2.44. The van der Waals surface area contributed by atoms with Crippen molar-refractivity contribution in [1.82, 2.24) is 0 Å². The van der Waals surface area contributed by atoms with Crippen LogP contribution in [0.5, 0.6) is 0 Å². The van der Waals surface area contributed by atoms with Gasteiger partial charge in [0.05, 0.1) is 0 Å². The van der Waals surface area contributed by atoms with Crippen molar-refractivity contribution in [1.29, 1.82) is 0 Å². The molecule has 2 heteroatoms. The monoisotopic (exact) mass is 272 g/mol. The van der Waals surface area contributed by atoms with E-state index < -0.39 is 0 Å². The minimum atomic E-state index is 0.321. The predicted molar refractivity (Wildman–Crippen MR) is 83.4 cm³/mol.